The molecule has 0 aromatic rings. The summed E-state index contributed by atoms with van der Waals surface area (Å²) in [6.07, 6.45) is -1.35. The zero-order valence-corrected chi connectivity index (χ0v) is 8.61. The number of nitrogens with zero attached hydrogens (tertiary/aromatic N) is 1. The highest BCUT2D eigenvalue weighted by atomic mass is 19.4. The van der Waals surface area contributed by atoms with Crippen molar-refractivity contribution >= 4 is 0 Å². The van der Waals surface area contributed by atoms with E-state index in [1.807, 2.05) is 4.90 Å². The standard InChI is InChI=1S/C10H18F3N/c1-2-9-4-3-6-14(8-9)7-5-10(11,12)13/h9H,2-8H2,1H3. The second kappa shape index (κ2) is 5.01. The van der Waals surface area contributed by atoms with Crippen molar-refractivity contribution in [3.05, 3.63) is 0 Å². The van der Waals surface area contributed by atoms with Crippen molar-refractivity contribution in [1.29, 1.82) is 0 Å². The lowest BCUT2D eigenvalue weighted by Crippen LogP contribution is -2.37. The van der Waals surface area contributed by atoms with Gasteiger partial charge in [0.25, 0.3) is 0 Å². The summed E-state index contributed by atoms with van der Waals surface area (Å²) in [5.74, 6) is 0.608. The van der Waals surface area contributed by atoms with Crippen LogP contribution in [0.3, 0.4) is 0 Å². The van der Waals surface area contributed by atoms with E-state index in [-0.39, 0.29) is 6.54 Å². The predicted molar refractivity (Wildman–Crippen MR) is 50.1 cm³/mol. The van der Waals surface area contributed by atoms with E-state index >= 15 is 0 Å². The third-order valence-electron chi connectivity index (χ3n) is 2.89. The molecule has 0 amide bonds. The van der Waals surface area contributed by atoms with Gasteiger partial charge in [0.05, 0.1) is 6.42 Å². The smallest absolute Gasteiger partial charge is 0.303 e. The fraction of sp³-hybridized carbons (Fsp3) is 1.00. The first kappa shape index (κ1) is 11.8. The first-order valence-corrected chi connectivity index (χ1v) is 5.30. The van der Waals surface area contributed by atoms with Gasteiger partial charge < -0.3 is 4.90 Å². The molecular weight excluding hydrogens is 191 g/mol. The quantitative estimate of drug-likeness (QED) is 0.690. The van der Waals surface area contributed by atoms with E-state index in [1.165, 1.54) is 6.42 Å². The van der Waals surface area contributed by atoms with Gasteiger partial charge >= 0.3 is 6.18 Å². The second-order valence-electron chi connectivity index (χ2n) is 4.08. The normalized spacial score (nSPS) is 25.3. The maximum atomic E-state index is 12.0. The van der Waals surface area contributed by atoms with Crippen LogP contribution < -0.4 is 0 Å². The zero-order chi connectivity index (χ0) is 10.6. The van der Waals surface area contributed by atoms with Gasteiger partial charge in [0.1, 0.15) is 0 Å². The zero-order valence-electron chi connectivity index (χ0n) is 8.61. The topological polar surface area (TPSA) is 3.24 Å². The predicted octanol–water partition coefficient (Wildman–Crippen LogP) is 3.06. The van der Waals surface area contributed by atoms with E-state index in [0.717, 1.165) is 25.9 Å². The monoisotopic (exact) mass is 209 g/mol. The highest BCUT2D eigenvalue weighted by molar-refractivity contribution is 4.72. The average Bonchev–Trinajstić information content (AvgIpc) is 2.14. The van der Waals surface area contributed by atoms with Crippen LogP contribution in [-0.4, -0.2) is 30.7 Å². The number of alkyl halides is 3. The summed E-state index contributed by atoms with van der Waals surface area (Å²) >= 11 is 0. The van der Waals surface area contributed by atoms with E-state index in [0.29, 0.717) is 5.92 Å². The Morgan fingerprint density at radius 1 is 1.36 bits per heavy atom. The first-order valence-electron chi connectivity index (χ1n) is 5.30. The van der Waals surface area contributed by atoms with Crippen LogP contribution in [-0.2, 0) is 0 Å². The van der Waals surface area contributed by atoms with Crippen molar-refractivity contribution in [2.75, 3.05) is 19.6 Å². The fourth-order valence-electron chi connectivity index (χ4n) is 1.97. The molecule has 1 aliphatic heterocycles. The van der Waals surface area contributed by atoms with Gasteiger partial charge in [-0.1, -0.05) is 13.3 Å². The van der Waals surface area contributed by atoms with Crippen LogP contribution in [0.25, 0.3) is 0 Å². The molecule has 1 atom stereocenters. The maximum Gasteiger partial charge on any atom is 0.390 e. The van der Waals surface area contributed by atoms with E-state index < -0.39 is 12.6 Å². The lowest BCUT2D eigenvalue weighted by atomic mass is 9.95. The van der Waals surface area contributed by atoms with Crippen molar-refractivity contribution in [3.8, 4) is 0 Å². The molecule has 1 nitrogen and oxygen atoms in total. The fourth-order valence-corrected chi connectivity index (χ4v) is 1.97. The molecule has 4 heteroatoms. The van der Waals surface area contributed by atoms with Crippen LogP contribution in [0, 0.1) is 5.92 Å². The van der Waals surface area contributed by atoms with Gasteiger partial charge in [0, 0.05) is 13.1 Å². The van der Waals surface area contributed by atoms with Crippen LogP contribution in [0.15, 0.2) is 0 Å². The highest BCUT2D eigenvalue weighted by Gasteiger charge is 2.28. The number of rotatable bonds is 3. The molecule has 0 N–H and O–H groups in total. The van der Waals surface area contributed by atoms with E-state index in [4.69, 9.17) is 0 Å². The van der Waals surface area contributed by atoms with Crippen molar-refractivity contribution in [2.45, 2.75) is 38.8 Å². The Hall–Kier alpha value is -0.250. The Morgan fingerprint density at radius 3 is 2.64 bits per heavy atom. The molecule has 1 rings (SSSR count). The molecule has 1 heterocycles. The first-order chi connectivity index (χ1) is 6.51. The van der Waals surface area contributed by atoms with Crippen molar-refractivity contribution in [2.24, 2.45) is 5.92 Å². The molecular formula is C10H18F3N. The van der Waals surface area contributed by atoms with E-state index in [9.17, 15) is 13.2 Å². The summed E-state index contributed by atoms with van der Waals surface area (Å²) in [5.41, 5.74) is 0. The minimum absolute atomic E-state index is 0.181. The van der Waals surface area contributed by atoms with Crippen LogP contribution in [0.1, 0.15) is 32.6 Å². The Labute approximate surface area is 83.3 Å². The van der Waals surface area contributed by atoms with Gasteiger partial charge in [-0.15, -0.1) is 0 Å². The highest BCUT2D eigenvalue weighted by Crippen LogP contribution is 2.23. The molecule has 84 valence electrons. The number of hydrogen-bond donors (Lipinski definition) is 0. The molecule has 14 heavy (non-hydrogen) atoms. The summed E-state index contributed by atoms with van der Waals surface area (Å²) in [6, 6.07) is 0. The Morgan fingerprint density at radius 2 is 2.07 bits per heavy atom. The molecule has 0 aromatic heterocycles. The molecule has 0 aliphatic carbocycles. The van der Waals surface area contributed by atoms with Crippen LogP contribution in [0.5, 0.6) is 0 Å². The summed E-state index contributed by atoms with van der Waals surface area (Å²) in [7, 11) is 0. The third-order valence-corrected chi connectivity index (χ3v) is 2.89. The lowest BCUT2D eigenvalue weighted by Gasteiger charge is -2.32. The molecule has 1 aliphatic rings. The second-order valence-corrected chi connectivity index (χ2v) is 4.08. The molecule has 1 fully saturated rings. The Kier molecular flexibility index (Phi) is 4.23. The molecule has 0 saturated carbocycles. The van der Waals surface area contributed by atoms with Crippen LogP contribution >= 0.6 is 0 Å². The van der Waals surface area contributed by atoms with E-state index in [1.54, 1.807) is 0 Å². The van der Waals surface area contributed by atoms with Crippen molar-refractivity contribution in [1.82, 2.24) is 4.90 Å². The molecule has 0 spiro atoms. The van der Waals surface area contributed by atoms with Crippen molar-refractivity contribution in [3.63, 3.8) is 0 Å². The summed E-state index contributed by atoms with van der Waals surface area (Å²) in [4.78, 5) is 1.95. The number of halogens is 3. The minimum atomic E-state index is -4.00. The lowest BCUT2D eigenvalue weighted by molar-refractivity contribution is -0.138. The van der Waals surface area contributed by atoms with Gasteiger partial charge in [0.15, 0.2) is 0 Å². The maximum absolute atomic E-state index is 12.0. The summed E-state index contributed by atoms with van der Waals surface area (Å²) in [5, 5.41) is 0. The van der Waals surface area contributed by atoms with Gasteiger partial charge in [0.2, 0.25) is 0 Å². The molecule has 0 aromatic carbocycles. The van der Waals surface area contributed by atoms with E-state index in [2.05, 4.69) is 6.92 Å². The van der Waals surface area contributed by atoms with Crippen LogP contribution in [0.2, 0.25) is 0 Å². The van der Waals surface area contributed by atoms with Gasteiger partial charge in [-0.25, -0.2) is 0 Å². The molecule has 0 radical (unpaired) electrons. The average molecular weight is 209 g/mol. The number of piperidine rings is 1. The summed E-state index contributed by atoms with van der Waals surface area (Å²) < 4.78 is 35.9. The van der Waals surface area contributed by atoms with Gasteiger partial charge in [-0.2, -0.15) is 13.2 Å². The molecule has 1 unspecified atom stereocenters. The van der Waals surface area contributed by atoms with Gasteiger partial charge in [-0.3, -0.25) is 0 Å². The number of hydrogen-bond acceptors (Lipinski definition) is 1. The largest absolute Gasteiger partial charge is 0.390 e. The third kappa shape index (κ3) is 4.31. The summed E-state index contributed by atoms with van der Waals surface area (Å²) in [6.45, 7) is 3.98. The SMILES string of the molecule is CCC1CCCN(CCC(F)(F)F)C1. The molecule has 0 bridgehead atoms. The Balaban J connectivity index is 2.24. The van der Waals surface area contributed by atoms with Crippen LogP contribution in [0.4, 0.5) is 13.2 Å². The number of likely N-dealkylation sites (tertiary alicyclic amines) is 1. The Bertz CT molecular complexity index is 167. The van der Waals surface area contributed by atoms with Gasteiger partial charge in [-0.05, 0) is 25.3 Å². The molecule has 1 saturated heterocycles. The van der Waals surface area contributed by atoms with Crippen molar-refractivity contribution < 1.29 is 13.2 Å². The minimum Gasteiger partial charge on any atom is -0.303 e.